The number of carbonyl (C=O) groups excluding carboxylic acids is 2. The summed E-state index contributed by atoms with van der Waals surface area (Å²) in [4.78, 5) is 28.8. The van der Waals surface area contributed by atoms with Crippen molar-refractivity contribution in [1.29, 1.82) is 0 Å². The average Bonchev–Trinajstić information content (AvgIpc) is 2.76. The van der Waals surface area contributed by atoms with Crippen molar-refractivity contribution in [2.75, 3.05) is 39.9 Å². The van der Waals surface area contributed by atoms with Gasteiger partial charge in [-0.2, -0.15) is 0 Å². The second-order valence-corrected chi connectivity index (χ2v) is 7.20. The summed E-state index contributed by atoms with van der Waals surface area (Å²) < 4.78 is 11.0. The lowest BCUT2D eigenvalue weighted by atomic mass is 10.1. The molecule has 1 fully saturated rings. The van der Waals surface area contributed by atoms with E-state index in [9.17, 15) is 9.59 Å². The molecule has 3 rings (SSSR count). The topological polar surface area (TPSA) is 59.1 Å². The van der Waals surface area contributed by atoms with Crippen LogP contribution in [0.15, 0.2) is 42.5 Å². The van der Waals surface area contributed by atoms with Gasteiger partial charge in [-0.1, -0.05) is 18.2 Å². The van der Waals surface area contributed by atoms with Gasteiger partial charge < -0.3 is 19.3 Å². The third-order valence-corrected chi connectivity index (χ3v) is 5.36. The van der Waals surface area contributed by atoms with Crippen LogP contribution in [0.3, 0.4) is 0 Å². The van der Waals surface area contributed by atoms with Crippen molar-refractivity contribution in [3.63, 3.8) is 0 Å². The maximum atomic E-state index is 12.7. The molecule has 1 heterocycles. The summed E-state index contributed by atoms with van der Waals surface area (Å²) in [5.74, 6) is 1.51. The number of piperazine rings is 1. The second kappa shape index (κ2) is 9.45. The molecule has 1 aliphatic rings. The Labute approximate surface area is 172 Å². The van der Waals surface area contributed by atoms with Crippen molar-refractivity contribution >= 4 is 11.8 Å². The van der Waals surface area contributed by atoms with Gasteiger partial charge in [0.05, 0.1) is 20.1 Å². The van der Waals surface area contributed by atoms with Gasteiger partial charge in [-0.15, -0.1) is 0 Å². The highest BCUT2D eigenvalue weighted by Crippen LogP contribution is 2.21. The minimum atomic E-state index is -0.0331. The fourth-order valence-corrected chi connectivity index (χ4v) is 3.38. The number of methoxy groups -OCH3 is 1. The molecule has 29 heavy (non-hydrogen) atoms. The van der Waals surface area contributed by atoms with Crippen LogP contribution < -0.4 is 9.47 Å². The van der Waals surface area contributed by atoms with Crippen LogP contribution in [0.5, 0.6) is 11.5 Å². The molecule has 0 unspecified atom stereocenters. The van der Waals surface area contributed by atoms with E-state index < -0.39 is 0 Å². The first-order chi connectivity index (χ1) is 14.0. The molecule has 0 bridgehead atoms. The number of benzene rings is 2. The van der Waals surface area contributed by atoms with Crippen molar-refractivity contribution in [1.82, 2.24) is 9.80 Å². The summed E-state index contributed by atoms with van der Waals surface area (Å²) in [6.07, 6.45) is 0.331. The van der Waals surface area contributed by atoms with E-state index in [4.69, 9.17) is 9.47 Å². The normalized spacial score (nSPS) is 13.9. The van der Waals surface area contributed by atoms with Crippen LogP contribution in [0.25, 0.3) is 0 Å². The highest BCUT2D eigenvalue weighted by molar-refractivity contribution is 5.94. The smallest absolute Gasteiger partial charge is 0.254 e. The number of aryl methyl sites for hydroxylation is 1. The minimum absolute atomic E-state index is 0.0331. The van der Waals surface area contributed by atoms with E-state index in [-0.39, 0.29) is 11.8 Å². The van der Waals surface area contributed by atoms with E-state index in [1.807, 2.05) is 49.1 Å². The quantitative estimate of drug-likeness (QED) is 0.753. The van der Waals surface area contributed by atoms with E-state index in [2.05, 4.69) is 0 Å². The Kier molecular flexibility index (Phi) is 6.75. The Morgan fingerprint density at radius 3 is 2.38 bits per heavy atom. The standard InChI is InChI=1S/C23H28N2O4/c1-17-6-4-9-21(18(17)2)29-15-10-22(26)24-11-13-25(14-12-24)23(27)19-7-5-8-20(16-19)28-3/h4-9,16H,10-15H2,1-3H3. The molecule has 154 valence electrons. The van der Waals surface area contributed by atoms with Crippen molar-refractivity contribution in [3.8, 4) is 11.5 Å². The molecule has 1 aliphatic heterocycles. The number of ether oxygens (including phenoxy) is 2. The molecule has 0 saturated carbocycles. The third-order valence-electron chi connectivity index (χ3n) is 5.36. The molecule has 0 spiro atoms. The second-order valence-electron chi connectivity index (χ2n) is 7.20. The first kappa shape index (κ1) is 20.7. The first-order valence-electron chi connectivity index (χ1n) is 9.89. The lowest BCUT2D eigenvalue weighted by molar-refractivity contribution is -0.133. The number of nitrogens with zero attached hydrogens (tertiary/aromatic N) is 2. The van der Waals surface area contributed by atoms with Crippen LogP contribution in [0.4, 0.5) is 0 Å². The van der Waals surface area contributed by atoms with E-state index in [0.717, 1.165) is 11.3 Å². The van der Waals surface area contributed by atoms with Gasteiger partial charge >= 0.3 is 0 Å². The molecule has 0 N–H and O–H groups in total. The summed E-state index contributed by atoms with van der Waals surface area (Å²) in [6, 6.07) is 13.1. The highest BCUT2D eigenvalue weighted by atomic mass is 16.5. The summed E-state index contributed by atoms with van der Waals surface area (Å²) in [5, 5.41) is 0. The number of amides is 2. The molecular formula is C23H28N2O4. The Morgan fingerprint density at radius 2 is 1.66 bits per heavy atom. The molecule has 1 saturated heterocycles. The van der Waals surface area contributed by atoms with Gasteiger partial charge in [0, 0.05) is 31.7 Å². The Bertz CT molecular complexity index is 873. The molecule has 2 aromatic carbocycles. The summed E-state index contributed by atoms with van der Waals surface area (Å²) in [6.45, 7) is 6.55. The summed E-state index contributed by atoms with van der Waals surface area (Å²) >= 11 is 0. The summed E-state index contributed by atoms with van der Waals surface area (Å²) in [7, 11) is 1.58. The molecule has 6 nitrogen and oxygen atoms in total. The Morgan fingerprint density at radius 1 is 0.966 bits per heavy atom. The predicted molar refractivity (Wildman–Crippen MR) is 112 cm³/mol. The van der Waals surface area contributed by atoms with Gasteiger partial charge in [-0.3, -0.25) is 9.59 Å². The van der Waals surface area contributed by atoms with Gasteiger partial charge in [-0.05, 0) is 49.2 Å². The molecule has 0 radical (unpaired) electrons. The van der Waals surface area contributed by atoms with E-state index in [1.54, 1.807) is 24.1 Å². The molecule has 0 atom stereocenters. The van der Waals surface area contributed by atoms with Gasteiger partial charge in [0.2, 0.25) is 5.91 Å². The van der Waals surface area contributed by atoms with Crippen LogP contribution in [0, 0.1) is 13.8 Å². The zero-order valence-corrected chi connectivity index (χ0v) is 17.3. The fraction of sp³-hybridized carbons (Fsp3) is 0.391. The van der Waals surface area contributed by atoms with E-state index in [1.165, 1.54) is 5.56 Å². The first-order valence-corrected chi connectivity index (χ1v) is 9.89. The molecule has 0 aromatic heterocycles. The zero-order valence-electron chi connectivity index (χ0n) is 17.3. The fourth-order valence-electron chi connectivity index (χ4n) is 3.38. The van der Waals surface area contributed by atoms with Gasteiger partial charge in [0.1, 0.15) is 11.5 Å². The van der Waals surface area contributed by atoms with Gasteiger partial charge in [0.15, 0.2) is 0 Å². The predicted octanol–water partition coefficient (Wildman–Crippen LogP) is 3.07. The van der Waals surface area contributed by atoms with E-state index >= 15 is 0 Å². The van der Waals surface area contributed by atoms with Gasteiger partial charge in [0.25, 0.3) is 5.91 Å². The van der Waals surface area contributed by atoms with Gasteiger partial charge in [-0.25, -0.2) is 0 Å². The number of hydrogen-bond acceptors (Lipinski definition) is 4. The number of carbonyl (C=O) groups is 2. The maximum Gasteiger partial charge on any atom is 0.254 e. The van der Waals surface area contributed by atoms with Crippen molar-refractivity contribution in [3.05, 3.63) is 59.2 Å². The largest absolute Gasteiger partial charge is 0.497 e. The summed E-state index contributed by atoms with van der Waals surface area (Å²) in [5.41, 5.74) is 2.88. The molecule has 2 amide bonds. The van der Waals surface area contributed by atoms with E-state index in [0.29, 0.717) is 50.5 Å². The van der Waals surface area contributed by atoms with Crippen LogP contribution in [-0.2, 0) is 4.79 Å². The van der Waals surface area contributed by atoms with Crippen LogP contribution >= 0.6 is 0 Å². The highest BCUT2D eigenvalue weighted by Gasteiger charge is 2.25. The molecule has 6 heteroatoms. The Hall–Kier alpha value is -3.02. The SMILES string of the molecule is COc1cccc(C(=O)N2CCN(C(=O)CCOc3cccc(C)c3C)CC2)c1. The molecule has 2 aromatic rings. The number of hydrogen-bond donors (Lipinski definition) is 0. The lowest BCUT2D eigenvalue weighted by Crippen LogP contribution is -2.50. The molecular weight excluding hydrogens is 368 g/mol. The monoisotopic (exact) mass is 396 g/mol. The molecule has 0 aliphatic carbocycles. The maximum absolute atomic E-state index is 12.7. The van der Waals surface area contributed by atoms with Crippen LogP contribution in [0.2, 0.25) is 0 Å². The Balaban J connectivity index is 1.46. The minimum Gasteiger partial charge on any atom is -0.497 e. The third kappa shape index (κ3) is 5.08. The zero-order chi connectivity index (χ0) is 20.8. The van der Waals surface area contributed by atoms with Crippen molar-refractivity contribution in [2.45, 2.75) is 20.3 Å². The van der Waals surface area contributed by atoms with Crippen LogP contribution in [0.1, 0.15) is 27.9 Å². The lowest BCUT2D eigenvalue weighted by Gasteiger charge is -2.35. The van der Waals surface area contributed by atoms with Crippen LogP contribution in [-0.4, -0.2) is 61.5 Å². The van der Waals surface area contributed by atoms with Crippen molar-refractivity contribution in [2.24, 2.45) is 0 Å². The average molecular weight is 396 g/mol. The van der Waals surface area contributed by atoms with Crippen molar-refractivity contribution < 1.29 is 19.1 Å². The number of rotatable bonds is 6.